The molecule has 6 nitrogen and oxygen atoms in total. The topological polar surface area (TPSA) is 64.9 Å². The summed E-state index contributed by atoms with van der Waals surface area (Å²) in [5.41, 5.74) is 2.08. The minimum Gasteiger partial charge on any atom is -0.493 e. The maximum atomic E-state index is 13.3. The van der Waals surface area contributed by atoms with Crippen molar-refractivity contribution in [3.05, 3.63) is 84.3 Å². The molecule has 9 heteroatoms. The summed E-state index contributed by atoms with van der Waals surface area (Å²) in [6, 6.07) is 14.3. The van der Waals surface area contributed by atoms with Gasteiger partial charge in [-0.3, -0.25) is 4.79 Å². The zero-order valence-electron chi connectivity index (χ0n) is 17.0. The third-order valence-electron chi connectivity index (χ3n) is 4.50. The highest BCUT2D eigenvalue weighted by molar-refractivity contribution is 8.00. The summed E-state index contributed by atoms with van der Waals surface area (Å²) < 4.78 is 39.5. The molecule has 2 aromatic carbocycles. The molecule has 0 aliphatic heterocycles. The third kappa shape index (κ3) is 5.17. The first-order chi connectivity index (χ1) is 15.5. The van der Waals surface area contributed by atoms with Crippen molar-refractivity contribution in [2.75, 3.05) is 18.2 Å². The van der Waals surface area contributed by atoms with Crippen LogP contribution in [0.1, 0.15) is 5.69 Å². The molecule has 1 amide bonds. The summed E-state index contributed by atoms with van der Waals surface area (Å²) in [7, 11) is 1.53. The molecule has 0 radical (unpaired) electrons. The van der Waals surface area contributed by atoms with E-state index in [-0.39, 0.29) is 18.3 Å². The first-order valence-electron chi connectivity index (χ1n) is 9.63. The number of nitrogens with one attached hydrogen (secondary N) is 1. The molecule has 0 aliphatic rings. The van der Waals surface area contributed by atoms with Crippen molar-refractivity contribution in [2.24, 2.45) is 0 Å². The van der Waals surface area contributed by atoms with Crippen LogP contribution in [0.5, 0.6) is 11.5 Å². The number of amides is 1. The number of hydrogen-bond donors (Lipinski definition) is 1. The quantitative estimate of drug-likeness (QED) is 0.382. The number of fused-ring (bicyclic) bond motifs is 1. The van der Waals surface area contributed by atoms with Gasteiger partial charge < -0.3 is 19.2 Å². The molecule has 164 valence electrons. The maximum absolute atomic E-state index is 13.3. The third-order valence-corrected chi connectivity index (χ3v) is 5.49. The van der Waals surface area contributed by atoms with Gasteiger partial charge in [-0.2, -0.15) is 0 Å². The molecule has 0 bridgehead atoms. The fourth-order valence-corrected chi connectivity index (χ4v) is 3.71. The van der Waals surface area contributed by atoms with Crippen molar-refractivity contribution in [1.82, 2.24) is 9.38 Å². The van der Waals surface area contributed by atoms with Crippen LogP contribution in [0.25, 0.3) is 5.65 Å². The van der Waals surface area contributed by atoms with E-state index in [1.54, 1.807) is 18.2 Å². The van der Waals surface area contributed by atoms with E-state index in [4.69, 9.17) is 9.47 Å². The van der Waals surface area contributed by atoms with Gasteiger partial charge in [0.15, 0.2) is 23.1 Å². The highest BCUT2D eigenvalue weighted by Crippen LogP contribution is 2.31. The van der Waals surface area contributed by atoms with Crippen LogP contribution in [0.3, 0.4) is 0 Å². The smallest absolute Gasteiger partial charge is 0.234 e. The first-order valence-corrected chi connectivity index (χ1v) is 10.6. The van der Waals surface area contributed by atoms with Crippen molar-refractivity contribution in [1.29, 1.82) is 0 Å². The number of hydrogen-bond acceptors (Lipinski definition) is 5. The summed E-state index contributed by atoms with van der Waals surface area (Å²) in [6.07, 6.45) is 3.78. The predicted molar refractivity (Wildman–Crippen MR) is 118 cm³/mol. The van der Waals surface area contributed by atoms with Crippen LogP contribution in [-0.2, 0) is 11.4 Å². The second-order valence-corrected chi connectivity index (χ2v) is 7.81. The minimum atomic E-state index is -0.946. The largest absolute Gasteiger partial charge is 0.493 e. The average molecular weight is 455 g/mol. The monoisotopic (exact) mass is 455 g/mol. The predicted octanol–water partition coefficient (Wildman–Crippen LogP) is 4.93. The Morgan fingerprint density at radius 2 is 1.97 bits per heavy atom. The van der Waals surface area contributed by atoms with Gasteiger partial charge in [-0.1, -0.05) is 6.07 Å². The lowest BCUT2D eigenvalue weighted by atomic mass is 10.2. The molecule has 1 N–H and O–H groups in total. The van der Waals surface area contributed by atoms with E-state index in [0.717, 1.165) is 35.2 Å². The lowest BCUT2D eigenvalue weighted by Gasteiger charge is -2.12. The molecule has 0 unspecified atom stereocenters. The summed E-state index contributed by atoms with van der Waals surface area (Å²) in [5.74, 6) is -1.16. The summed E-state index contributed by atoms with van der Waals surface area (Å²) in [4.78, 5) is 17.3. The zero-order chi connectivity index (χ0) is 22.5. The van der Waals surface area contributed by atoms with Gasteiger partial charge in [0, 0.05) is 29.0 Å². The van der Waals surface area contributed by atoms with Crippen LogP contribution in [-0.4, -0.2) is 28.2 Å². The van der Waals surface area contributed by atoms with Crippen LogP contribution in [0.2, 0.25) is 0 Å². The molecular formula is C23H19F2N3O3S. The summed E-state index contributed by atoms with van der Waals surface area (Å²) >= 11 is 1.11. The normalized spacial score (nSPS) is 10.8. The van der Waals surface area contributed by atoms with Gasteiger partial charge >= 0.3 is 0 Å². The lowest BCUT2D eigenvalue weighted by molar-refractivity contribution is -0.113. The molecule has 2 aromatic heterocycles. The highest BCUT2D eigenvalue weighted by atomic mass is 32.2. The fourth-order valence-electron chi connectivity index (χ4n) is 2.99. The molecule has 2 heterocycles. The second kappa shape index (κ2) is 9.69. The van der Waals surface area contributed by atoms with Crippen LogP contribution < -0.4 is 14.8 Å². The Morgan fingerprint density at radius 1 is 1.09 bits per heavy atom. The number of pyridine rings is 1. The van der Waals surface area contributed by atoms with Gasteiger partial charge in [0.2, 0.25) is 5.91 Å². The van der Waals surface area contributed by atoms with E-state index in [1.807, 2.05) is 35.0 Å². The fraction of sp³-hybridized carbons (Fsp3) is 0.130. The van der Waals surface area contributed by atoms with Gasteiger partial charge in [0.1, 0.15) is 12.3 Å². The van der Waals surface area contributed by atoms with E-state index in [0.29, 0.717) is 22.1 Å². The molecule has 4 rings (SSSR count). The van der Waals surface area contributed by atoms with Gasteiger partial charge in [-0.25, -0.2) is 13.8 Å². The standard InChI is InChI=1S/C23H19F2N3O3S/c1-30-20-8-5-15(27-23(29)14-32-17-6-7-18(24)19(25)11-17)10-21(20)31-13-16-12-28-9-3-2-4-22(28)26-16/h2-12H,13-14H2,1H3,(H,27,29). The van der Waals surface area contributed by atoms with Gasteiger partial charge in [0.25, 0.3) is 0 Å². The van der Waals surface area contributed by atoms with Gasteiger partial charge in [-0.15, -0.1) is 11.8 Å². The van der Waals surface area contributed by atoms with Crippen LogP contribution >= 0.6 is 11.8 Å². The van der Waals surface area contributed by atoms with Crippen LogP contribution in [0.4, 0.5) is 14.5 Å². The highest BCUT2D eigenvalue weighted by Gasteiger charge is 2.11. The number of carbonyl (C=O) groups is 1. The molecule has 0 aliphatic carbocycles. The average Bonchev–Trinajstić information content (AvgIpc) is 3.22. The molecule has 0 saturated carbocycles. The Kier molecular flexibility index (Phi) is 6.55. The molecule has 4 aromatic rings. The SMILES string of the molecule is COc1ccc(NC(=O)CSc2ccc(F)c(F)c2)cc1OCc1cn2ccccc2n1. The summed E-state index contributed by atoms with van der Waals surface area (Å²) in [5, 5.41) is 2.77. The molecule has 0 spiro atoms. The Balaban J connectivity index is 1.39. The number of halogens is 2. The number of anilines is 1. The molecule has 0 saturated heterocycles. The number of aromatic nitrogens is 2. The summed E-state index contributed by atoms with van der Waals surface area (Å²) in [6.45, 7) is 0.224. The molecule has 0 atom stereocenters. The van der Waals surface area contributed by atoms with E-state index >= 15 is 0 Å². The number of ether oxygens (including phenoxy) is 2. The van der Waals surface area contributed by atoms with Crippen molar-refractivity contribution in [3.8, 4) is 11.5 Å². The van der Waals surface area contributed by atoms with Crippen molar-refractivity contribution < 1.29 is 23.0 Å². The van der Waals surface area contributed by atoms with Crippen molar-refractivity contribution >= 4 is 29.0 Å². The van der Waals surface area contributed by atoms with E-state index in [9.17, 15) is 13.6 Å². The van der Waals surface area contributed by atoms with Gasteiger partial charge in [-0.05, 0) is 42.5 Å². The van der Waals surface area contributed by atoms with E-state index in [2.05, 4.69) is 10.3 Å². The molecule has 32 heavy (non-hydrogen) atoms. The van der Waals surface area contributed by atoms with E-state index in [1.165, 1.54) is 13.2 Å². The maximum Gasteiger partial charge on any atom is 0.234 e. The van der Waals surface area contributed by atoms with Crippen molar-refractivity contribution in [3.63, 3.8) is 0 Å². The number of rotatable bonds is 8. The van der Waals surface area contributed by atoms with Crippen LogP contribution in [0.15, 0.2) is 71.9 Å². The lowest BCUT2D eigenvalue weighted by Crippen LogP contribution is -2.14. The molecule has 0 fully saturated rings. The number of thioether (sulfide) groups is 1. The number of nitrogens with zero attached hydrogens (tertiary/aromatic N) is 2. The Labute approximate surface area is 187 Å². The van der Waals surface area contributed by atoms with Gasteiger partial charge in [0.05, 0.1) is 18.6 Å². The number of methoxy groups -OCH3 is 1. The second-order valence-electron chi connectivity index (χ2n) is 6.77. The first kappa shape index (κ1) is 21.6. The van der Waals surface area contributed by atoms with Crippen LogP contribution in [0, 0.1) is 11.6 Å². The van der Waals surface area contributed by atoms with Crippen molar-refractivity contribution in [2.45, 2.75) is 11.5 Å². The molecular weight excluding hydrogens is 436 g/mol. The number of carbonyl (C=O) groups excluding carboxylic acids is 1. The minimum absolute atomic E-state index is 0.0362. The Morgan fingerprint density at radius 3 is 2.75 bits per heavy atom. The number of imidazole rings is 1. The number of benzene rings is 2. The Hall–Kier alpha value is -3.59. The van der Waals surface area contributed by atoms with E-state index < -0.39 is 11.6 Å². The zero-order valence-corrected chi connectivity index (χ0v) is 17.9. The Bertz CT molecular complexity index is 1230.